The first-order chi connectivity index (χ1) is 18.8. The van der Waals surface area contributed by atoms with Crippen LogP contribution in [-0.4, -0.2) is 14.3 Å². The summed E-state index contributed by atoms with van der Waals surface area (Å²) in [5.41, 5.74) is 3.95. The SMILES string of the molecule is Cc1cccc(C)c1NS(=O)(=O)c1ccc(NC(=O)C(C#N)=Cc2ccccc2OCc2ccccc2)cc1. The Morgan fingerprint density at radius 3 is 2.18 bits per heavy atom. The van der Waals surface area contributed by atoms with Crippen molar-refractivity contribution in [3.8, 4) is 11.8 Å². The number of hydrogen-bond donors (Lipinski definition) is 2. The molecule has 4 aromatic carbocycles. The summed E-state index contributed by atoms with van der Waals surface area (Å²) in [6.07, 6.45) is 1.46. The highest BCUT2D eigenvalue weighted by Crippen LogP contribution is 2.25. The summed E-state index contributed by atoms with van der Waals surface area (Å²) in [5, 5.41) is 12.3. The highest BCUT2D eigenvalue weighted by molar-refractivity contribution is 7.92. The molecule has 0 heterocycles. The second kappa shape index (κ2) is 12.1. The Labute approximate surface area is 228 Å². The number of para-hydroxylation sites is 2. The molecule has 0 radical (unpaired) electrons. The first kappa shape index (κ1) is 27.2. The monoisotopic (exact) mass is 537 g/mol. The Hall–Kier alpha value is -4.87. The average Bonchev–Trinajstić information content (AvgIpc) is 2.94. The maximum absolute atomic E-state index is 12.9. The van der Waals surface area contributed by atoms with Gasteiger partial charge in [-0.25, -0.2) is 8.42 Å². The zero-order valence-electron chi connectivity index (χ0n) is 21.5. The lowest BCUT2D eigenvalue weighted by molar-refractivity contribution is -0.112. The number of carbonyl (C=O) groups is 1. The van der Waals surface area contributed by atoms with Gasteiger partial charge in [0.2, 0.25) is 0 Å². The summed E-state index contributed by atoms with van der Waals surface area (Å²) in [6, 6.07) is 30.0. The van der Waals surface area contributed by atoms with Gasteiger partial charge in [-0.05, 0) is 66.9 Å². The maximum Gasteiger partial charge on any atom is 0.266 e. The lowest BCUT2D eigenvalue weighted by Crippen LogP contribution is -2.16. The molecule has 1 amide bonds. The third-order valence-corrected chi connectivity index (χ3v) is 7.33. The van der Waals surface area contributed by atoms with Crippen molar-refractivity contribution in [3.05, 3.63) is 125 Å². The van der Waals surface area contributed by atoms with Gasteiger partial charge in [-0.3, -0.25) is 9.52 Å². The van der Waals surface area contributed by atoms with Crippen LogP contribution in [0.3, 0.4) is 0 Å². The third kappa shape index (κ3) is 6.92. The molecule has 2 N–H and O–H groups in total. The van der Waals surface area contributed by atoms with Crippen LogP contribution < -0.4 is 14.8 Å². The highest BCUT2D eigenvalue weighted by atomic mass is 32.2. The van der Waals surface area contributed by atoms with Crippen molar-refractivity contribution in [2.24, 2.45) is 0 Å². The van der Waals surface area contributed by atoms with E-state index in [-0.39, 0.29) is 10.5 Å². The summed E-state index contributed by atoms with van der Waals surface area (Å²) in [6.45, 7) is 4.00. The number of carbonyl (C=O) groups excluding carboxylic acids is 1. The predicted octanol–water partition coefficient (Wildman–Crippen LogP) is 6.23. The number of nitrogens with zero attached hydrogens (tertiary/aromatic N) is 1. The number of amides is 1. The number of hydrogen-bond acceptors (Lipinski definition) is 5. The topological polar surface area (TPSA) is 108 Å². The summed E-state index contributed by atoms with van der Waals surface area (Å²) in [4.78, 5) is 12.9. The lowest BCUT2D eigenvalue weighted by atomic mass is 10.1. The van der Waals surface area contributed by atoms with E-state index < -0.39 is 15.9 Å². The third-order valence-electron chi connectivity index (χ3n) is 5.96. The number of nitriles is 1. The van der Waals surface area contributed by atoms with Crippen LogP contribution in [-0.2, 0) is 21.4 Å². The van der Waals surface area contributed by atoms with E-state index in [1.165, 1.54) is 30.3 Å². The molecule has 7 nitrogen and oxygen atoms in total. The highest BCUT2D eigenvalue weighted by Gasteiger charge is 2.17. The van der Waals surface area contributed by atoms with Gasteiger partial charge in [0, 0.05) is 11.3 Å². The number of sulfonamides is 1. The zero-order valence-corrected chi connectivity index (χ0v) is 22.3. The zero-order chi connectivity index (χ0) is 27.8. The van der Waals surface area contributed by atoms with Gasteiger partial charge >= 0.3 is 0 Å². The first-order valence-corrected chi connectivity index (χ1v) is 13.6. The van der Waals surface area contributed by atoms with E-state index in [0.29, 0.717) is 29.3 Å². The number of ether oxygens (including phenoxy) is 1. The fourth-order valence-electron chi connectivity index (χ4n) is 3.86. The quantitative estimate of drug-likeness (QED) is 0.194. The number of benzene rings is 4. The van der Waals surface area contributed by atoms with Gasteiger partial charge in [-0.15, -0.1) is 0 Å². The molecule has 0 aliphatic carbocycles. The molecule has 39 heavy (non-hydrogen) atoms. The number of rotatable bonds is 9. The molecule has 4 aromatic rings. The molecule has 196 valence electrons. The van der Waals surface area contributed by atoms with E-state index in [2.05, 4.69) is 10.0 Å². The van der Waals surface area contributed by atoms with Crippen LogP contribution in [0.2, 0.25) is 0 Å². The van der Waals surface area contributed by atoms with Gasteiger partial charge in [0.15, 0.2) is 0 Å². The molecule has 0 aliphatic rings. The molecule has 4 rings (SSSR count). The van der Waals surface area contributed by atoms with Crippen LogP contribution in [0.4, 0.5) is 11.4 Å². The van der Waals surface area contributed by atoms with Crippen molar-refractivity contribution in [2.75, 3.05) is 10.0 Å². The Morgan fingerprint density at radius 2 is 1.51 bits per heavy atom. The molecule has 0 unspecified atom stereocenters. The molecule has 0 fully saturated rings. The number of nitrogens with one attached hydrogen (secondary N) is 2. The van der Waals surface area contributed by atoms with E-state index in [0.717, 1.165) is 16.7 Å². The van der Waals surface area contributed by atoms with Gasteiger partial charge < -0.3 is 10.1 Å². The van der Waals surface area contributed by atoms with E-state index in [1.54, 1.807) is 18.2 Å². The summed E-state index contributed by atoms with van der Waals surface area (Å²) in [7, 11) is -3.84. The number of anilines is 2. The smallest absolute Gasteiger partial charge is 0.266 e. The lowest BCUT2D eigenvalue weighted by Gasteiger charge is -2.13. The first-order valence-electron chi connectivity index (χ1n) is 12.1. The van der Waals surface area contributed by atoms with Crippen LogP contribution in [0, 0.1) is 25.2 Å². The van der Waals surface area contributed by atoms with Crippen molar-refractivity contribution >= 4 is 33.4 Å². The van der Waals surface area contributed by atoms with Crippen molar-refractivity contribution in [2.45, 2.75) is 25.3 Å². The van der Waals surface area contributed by atoms with Gasteiger partial charge in [0.25, 0.3) is 15.9 Å². The van der Waals surface area contributed by atoms with Gasteiger partial charge in [0.05, 0.1) is 10.6 Å². The molecule has 0 spiro atoms. The van der Waals surface area contributed by atoms with E-state index in [9.17, 15) is 18.5 Å². The van der Waals surface area contributed by atoms with Crippen LogP contribution in [0.25, 0.3) is 6.08 Å². The largest absolute Gasteiger partial charge is 0.488 e. The van der Waals surface area contributed by atoms with Gasteiger partial charge in [-0.2, -0.15) is 5.26 Å². The van der Waals surface area contributed by atoms with Crippen molar-refractivity contribution in [1.29, 1.82) is 5.26 Å². The minimum atomic E-state index is -3.84. The Bertz CT molecular complexity index is 1640. The Morgan fingerprint density at radius 1 is 0.872 bits per heavy atom. The number of aryl methyl sites for hydroxylation is 2. The second-order valence-electron chi connectivity index (χ2n) is 8.83. The molecule has 0 aromatic heterocycles. The minimum Gasteiger partial charge on any atom is -0.488 e. The average molecular weight is 538 g/mol. The standard InChI is InChI=1S/C31H27N3O4S/c1-22-9-8-10-23(2)30(22)34-39(36,37)28-17-15-27(16-18-28)33-31(35)26(20-32)19-25-13-6-7-14-29(25)38-21-24-11-4-3-5-12-24/h3-19,34H,21H2,1-2H3,(H,33,35). The van der Waals surface area contributed by atoms with Crippen molar-refractivity contribution in [3.63, 3.8) is 0 Å². The molecule has 0 saturated heterocycles. The fourth-order valence-corrected chi connectivity index (χ4v) is 5.06. The van der Waals surface area contributed by atoms with Crippen LogP contribution in [0.5, 0.6) is 5.75 Å². The molecule has 0 bridgehead atoms. The van der Waals surface area contributed by atoms with E-state index in [4.69, 9.17) is 4.74 Å². The van der Waals surface area contributed by atoms with Crippen LogP contribution in [0.15, 0.2) is 108 Å². The maximum atomic E-state index is 12.9. The summed E-state index contributed by atoms with van der Waals surface area (Å²) < 4.78 is 34.4. The molecule has 8 heteroatoms. The fraction of sp³-hybridized carbons (Fsp3) is 0.0968. The van der Waals surface area contributed by atoms with Crippen LogP contribution in [0.1, 0.15) is 22.3 Å². The van der Waals surface area contributed by atoms with E-state index >= 15 is 0 Å². The second-order valence-corrected chi connectivity index (χ2v) is 10.5. The Kier molecular flexibility index (Phi) is 8.44. The molecule has 0 atom stereocenters. The molecule has 0 saturated carbocycles. The van der Waals surface area contributed by atoms with E-state index in [1.807, 2.05) is 74.5 Å². The molecular weight excluding hydrogens is 510 g/mol. The van der Waals surface area contributed by atoms with Crippen molar-refractivity contribution < 1.29 is 17.9 Å². The van der Waals surface area contributed by atoms with Gasteiger partial charge in [0.1, 0.15) is 24.0 Å². The normalized spacial score (nSPS) is 11.4. The summed E-state index contributed by atoms with van der Waals surface area (Å²) in [5.74, 6) is -0.0903. The summed E-state index contributed by atoms with van der Waals surface area (Å²) >= 11 is 0. The minimum absolute atomic E-state index is 0.0451. The molecular formula is C31H27N3O4S. The van der Waals surface area contributed by atoms with Gasteiger partial charge in [-0.1, -0.05) is 66.7 Å². The van der Waals surface area contributed by atoms with Crippen molar-refractivity contribution in [1.82, 2.24) is 0 Å². The Balaban J connectivity index is 1.47. The predicted molar refractivity (Wildman–Crippen MR) is 153 cm³/mol. The van der Waals surface area contributed by atoms with Crippen LogP contribution >= 0.6 is 0 Å². The molecule has 0 aliphatic heterocycles.